The minimum Gasteiger partial charge on any atom is -0.368 e. The summed E-state index contributed by atoms with van der Waals surface area (Å²) < 4.78 is 0. The van der Waals surface area contributed by atoms with Crippen molar-refractivity contribution in [3.05, 3.63) is 0 Å². The van der Waals surface area contributed by atoms with Crippen molar-refractivity contribution in [2.24, 2.45) is 11.7 Å². The maximum atomic E-state index is 12.2. The van der Waals surface area contributed by atoms with Crippen LogP contribution in [-0.2, 0) is 14.4 Å². The Morgan fingerprint density at radius 2 is 1.68 bits per heavy atom. The van der Waals surface area contributed by atoms with Crippen LogP contribution in [0.4, 0.5) is 0 Å². The van der Waals surface area contributed by atoms with Gasteiger partial charge in [0.1, 0.15) is 6.04 Å². The number of hydrogen-bond donors (Lipinski definition) is 2. The smallest absolute Gasteiger partial charge is 0.242 e. The molecule has 2 rings (SSSR count). The van der Waals surface area contributed by atoms with E-state index in [0.717, 1.165) is 25.7 Å². The molecule has 2 fully saturated rings. The molecule has 0 bridgehead atoms. The molecule has 0 aromatic heterocycles. The van der Waals surface area contributed by atoms with Crippen LogP contribution in [-0.4, -0.2) is 41.8 Å². The number of hydrogen-bond acceptors (Lipinski definition) is 3. The maximum absolute atomic E-state index is 12.2. The van der Waals surface area contributed by atoms with Gasteiger partial charge in [-0.2, -0.15) is 0 Å². The van der Waals surface area contributed by atoms with Gasteiger partial charge < -0.3 is 16.0 Å². The Morgan fingerprint density at radius 3 is 2.36 bits per heavy atom. The lowest BCUT2D eigenvalue weighted by Crippen LogP contribution is -2.53. The minimum atomic E-state index is -0.517. The molecule has 1 aliphatic heterocycles. The number of rotatable bonds is 5. The summed E-state index contributed by atoms with van der Waals surface area (Å²) >= 11 is 0. The predicted molar refractivity (Wildman–Crippen MR) is 82.7 cm³/mol. The third-order valence-corrected chi connectivity index (χ3v) is 4.79. The van der Waals surface area contributed by atoms with E-state index in [1.807, 2.05) is 0 Å². The molecule has 3 amide bonds. The van der Waals surface area contributed by atoms with Crippen molar-refractivity contribution in [1.29, 1.82) is 0 Å². The van der Waals surface area contributed by atoms with Gasteiger partial charge in [0.2, 0.25) is 17.7 Å². The van der Waals surface area contributed by atoms with Crippen molar-refractivity contribution >= 4 is 17.7 Å². The van der Waals surface area contributed by atoms with Crippen molar-refractivity contribution in [3.63, 3.8) is 0 Å². The Hall–Kier alpha value is -1.59. The van der Waals surface area contributed by atoms with E-state index >= 15 is 0 Å². The van der Waals surface area contributed by atoms with Crippen LogP contribution in [0.15, 0.2) is 0 Å². The normalized spacial score (nSPS) is 23.1. The third kappa shape index (κ3) is 4.71. The summed E-state index contributed by atoms with van der Waals surface area (Å²) in [6.45, 7) is 0.514. The summed E-state index contributed by atoms with van der Waals surface area (Å²) in [5.41, 5.74) is 5.35. The van der Waals surface area contributed by atoms with E-state index in [1.165, 1.54) is 24.2 Å². The van der Waals surface area contributed by atoms with Crippen molar-refractivity contribution in [1.82, 2.24) is 10.2 Å². The summed E-state index contributed by atoms with van der Waals surface area (Å²) in [6.07, 6.45) is 8.80. The SMILES string of the molecule is NC(=O)[C@H]1CCCCN1C(=O)CNC(=O)CC1CCCCC1. The Kier molecular flexibility index (Phi) is 6.21. The fourth-order valence-electron chi connectivity index (χ4n) is 3.53. The van der Waals surface area contributed by atoms with Crippen molar-refractivity contribution < 1.29 is 14.4 Å². The zero-order chi connectivity index (χ0) is 15.9. The first kappa shape index (κ1) is 16.8. The fourth-order valence-corrected chi connectivity index (χ4v) is 3.53. The molecule has 1 atom stereocenters. The second-order valence-corrected chi connectivity index (χ2v) is 6.49. The Balaban J connectivity index is 1.75. The molecule has 22 heavy (non-hydrogen) atoms. The van der Waals surface area contributed by atoms with Crippen LogP contribution in [0.3, 0.4) is 0 Å². The molecule has 6 nitrogen and oxygen atoms in total. The van der Waals surface area contributed by atoms with Gasteiger partial charge in [0.25, 0.3) is 0 Å². The zero-order valence-electron chi connectivity index (χ0n) is 13.2. The first-order valence-corrected chi connectivity index (χ1v) is 8.43. The Labute approximate surface area is 131 Å². The number of likely N-dealkylation sites (tertiary alicyclic amines) is 1. The van der Waals surface area contributed by atoms with Gasteiger partial charge in [0, 0.05) is 13.0 Å². The molecule has 6 heteroatoms. The Morgan fingerprint density at radius 1 is 1.00 bits per heavy atom. The third-order valence-electron chi connectivity index (χ3n) is 4.79. The van der Waals surface area contributed by atoms with E-state index in [4.69, 9.17) is 5.73 Å². The fraction of sp³-hybridized carbons (Fsp3) is 0.812. The van der Waals surface area contributed by atoms with Crippen LogP contribution in [0.2, 0.25) is 0 Å². The van der Waals surface area contributed by atoms with Crippen LogP contribution < -0.4 is 11.1 Å². The van der Waals surface area contributed by atoms with Gasteiger partial charge in [0.05, 0.1) is 6.54 Å². The maximum Gasteiger partial charge on any atom is 0.242 e. The first-order valence-electron chi connectivity index (χ1n) is 8.43. The average Bonchev–Trinajstić information content (AvgIpc) is 2.53. The second-order valence-electron chi connectivity index (χ2n) is 6.49. The highest BCUT2D eigenvalue weighted by Gasteiger charge is 2.30. The molecular formula is C16H27N3O3. The van der Waals surface area contributed by atoms with E-state index in [0.29, 0.717) is 25.3 Å². The van der Waals surface area contributed by atoms with Crippen LogP contribution in [0.25, 0.3) is 0 Å². The first-order chi connectivity index (χ1) is 10.6. The molecule has 124 valence electrons. The van der Waals surface area contributed by atoms with Crippen molar-refractivity contribution in [2.75, 3.05) is 13.1 Å². The lowest BCUT2D eigenvalue weighted by molar-refractivity contribution is -0.141. The van der Waals surface area contributed by atoms with Gasteiger partial charge >= 0.3 is 0 Å². The van der Waals surface area contributed by atoms with Gasteiger partial charge in [0.15, 0.2) is 0 Å². The van der Waals surface area contributed by atoms with Gasteiger partial charge in [-0.15, -0.1) is 0 Å². The van der Waals surface area contributed by atoms with E-state index < -0.39 is 11.9 Å². The summed E-state index contributed by atoms with van der Waals surface area (Å²) in [5, 5.41) is 2.70. The molecule has 1 heterocycles. The van der Waals surface area contributed by atoms with Crippen molar-refractivity contribution in [2.45, 2.75) is 63.8 Å². The molecule has 0 spiro atoms. The number of primary amides is 1. The highest BCUT2D eigenvalue weighted by atomic mass is 16.2. The number of piperidine rings is 1. The molecule has 1 saturated heterocycles. The number of carbonyl (C=O) groups is 3. The predicted octanol–water partition coefficient (Wildman–Crippen LogP) is 0.939. The number of nitrogens with two attached hydrogens (primary N) is 1. The monoisotopic (exact) mass is 309 g/mol. The highest BCUT2D eigenvalue weighted by molar-refractivity contribution is 5.89. The number of amides is 3. The van der Waals surface area contributed by atoms with Crippen LogP contribution in [0.1, 0.15) is 57.8 Å². The van der Waals surface area contributed by atoms with Gasteiger partial charge in [-0.1, -0.05) is 19.3 Å². The molecule has 2 aliphatic rings. The van der Waals surface area contributed by atoms with Gasteiger partial charge in [-0.3, -0.25) is 14.4 Å². The quantitative estimate of drug-likeness (QED) is 0.791. The molecule has 0 aromatic rings. The molecule has 0 aromatic carbocycles. The largest absolute Gasteiger partial charge is 0.368 e. The number of nitrogens with one attached hydrogen (secondary N) is 1. The lowest BCUT2D eigenvalue weighted by atomic mass is 9.87. The second kappa shape index (κ2) is 8.15. The standard InChI is InChI=1S/C16H27N3O3/c17-16(22)13-8-4-5-9-19(13)15(21)11-18-14(20)10-12-6-2-1-3-7-12/h12-13H,1-11H2,(H2,17,22)(H,18,20)/t13-/m1/s1. The topological polar surface area (TPSA) is 92.5 Å². The summed E-state index contributed by atoms with van der Waals surface area (Å²) in [4.78, 5) is 37.1. The molecule has 1 aliphatic carbocycles. The van der Waals surface area contributed by atoms with Crippen molar-refractivity contribution in [3.8, 4) is 0 Å². The highest BCUT2D eigenvalue weighted by Crippen LogP contribution is 2.26. The van der Waals surface area contributed by atoms with E-state index in [2.05, 4.69) is 5.32 Å². The summed E-state index contributed by atoms with van der Waals surface area (Å²) in [5.74, 6) is -0.271. The van der Waals surface area contributed by atoms with Gasteiger partial charge in [-0.05, 0) is 38.0 Å². The average molecular weight is 309 g/mol. The molecule has 1 saturated carbocycles. The summed E-state index contributed by atoms with van der Waals surface area (Å²) in [7, 11) is 0. The molecule has 3 N–H and O–H groups in total. The minimum absolute atomic E-state index is 0.0324. The van der Waals surface area contributed by atoms with Gasteiger partial charge in [-0.25, -0.2) is 0 Å². The Bertz CT molecular complexity index is 419. The lowest BCUT2D eigenvalue weighted by Gasteiger charge is -2.33. The molecular weight excluding hydrogens is 282 g/mol. The zero-order valence-corrected chi connectivity index (χ0v) is 13.2. The molecule has 0 radical (unpaired) electrons. The van der Waals surface area contributed by atoms with Crippen LogP contribution >= 0.6 is 0 Å². The summed E-state index contributed by atoms with van der Waals surface area (Å²) in [6, 6.07) is -0.517. The number of carbonyl (C=O) groups excluding carboxylic acids is 3. The van der Waals surface area contributed by atoms with E-state index in [9.17, 15) is 14.4 Å². The van der Waals surface area contributed by atoms with Crippen LogP contribution in [0, 0.1) is 5.92 Å². The van der Waals surface area contributed by atoms with Crippen LogP contribution in [0.5, 0.6) is 0 Å². The van der Waals surface area contributed by atoms with E-state index in [1.54, 1.807) is 0 Å². The molecule has 0 unspecified atom stereocenters. The number of nitrogens with zero attached hydrogens (tertiary/aromatic N) is 1. The van der Waals surface area contributed by atoms with E-state index in [-0.39, 0.29) is 18.4 Å².